The van der Waals surface area contributed by atoms with Crippen molar-refractivity contribution in [3.05, 3.63) is 23.8 Å². The number of nitrogens with one attached hydrogen (secondary N) is 1. The lowest BCUT2D eigenvalue weighted by Crippen LogP contribution is -2.23. The van der Waals surface area contributed by atoms with Gasteiger partial charge in [0.25, 0.3) is 0 Å². The molecule has 1 aromatic carbocycles. The van der Waals surface area contributed by atoms with Crippen LogP contribution in [-0.2, 0) is 9.59 Å². The molecule has 20 heavy (non-hydrogen) atoms. The molecule has 1 atom stereocenters. The molecule has 7 heteroatoms. The van der Waals surface area contributed by atoms with E-state index in [-0.39, 0.29) is 11.7 Å². The molecule has 0 bridgehead atoms. The smallest absolute Gasteiger partial charge is 0.344 e. The van der Waals surface area contributed by atoms with Crippen molar-refractivity contribution in [2.45, 2.75) is 20.0 Å². The second-order valence-electron chi connectivity index (χ2n) is 3.90. The van der Waals surface area contributed by atoms with E-state index in [1.807, 2.05) is 0 Å². The summed E-state index contributed by atoms with van der Waals surface area (Å²) in [5.74, 6) is -0.782. The number of hydrogen-bond donors (Lipinski definition) is 2. The lowest BCUT2D eigenvalue weighted by atomic mass is 10.2. The molecule has 0 saturated heterocycles. The molecule has 1 rings (SSSR count). The molecule has 0 radical (unpaired) electrons. The number of carbonyl (C=O) groups is 2. The number of para-hydroxylation sites is 1. The maximum absolute atomic E-state index is 10.9. The average Bonchev–Trinajstić information content (AvgIpc) is 2.39. The largest absolute Gasteiger partial charge is 0.493 e. The van der Waals surface area contributed by atoms with Crippen LogP contribution in [0.1, 0.15) is 19.4 Å². The third-order valence-electron chi connectivity index (χ3n) is 2.30. The van der Waals surface area contributed by atoms with Gasteiger partial charge in [0.2, 0.25) is 5.91 Å². The van der Waals surface area contributed by atoms with Crippen LogP contribution in [0.25, 0.3) is 0 Å². The van der Waals surface area contributed by atoms with E-state index in [0.29, 0.717) is 11.3 Å². The Kier molecular flexibility index (Phi) is 5.52. The highest BCUT2D eigenvalue weighted by atomic mass is 16.5. The summed E-state index contributed by atoms with van der Waals surface area (Å²) in [6.07, 6.45) is 0.313. The van der Waals surface area contributed by atoms with Crippen molar-refractivity contribution in [3.8, 4) is 11.5 Å². The molecule has 0 saturated carbocycles. The fraction of sp³-hybridized carbons (Fsp3) is 0.308. The second-order valence-corrected chi connectivity index (χ2v) is 3.90. The molecule has 1 aromatic rings. The number of carboxylic acid groups (broad SMARTS) is 1. The van der Waals surface area contributed by atoms with Gasteiger partial charge < -0.3 is 14.6 Å². The Morgan fingerprint density at radius 2 is 2.15 bits per heavy atom. The normalized spacial score (nSPS) is 11.9. The number of nitrogens with zero attached hydrogens (tertiary/aromatic N) is 1. The Labute approximate surface area is 116 Å². The first kappa shape index (κ1) is 15.5. The number of hydrazone groups is 1. The maximum atomic E-state index is 10.9. The molecule has 0 spiro atoms. The van der Waals surface area contributed by atoms with Gasteiger partial charge in [0.05, 0.1) is 13.3 Å². The second kappa shape index (κ2) is 7.13. The summed E-state index contributed by atoms with van der Waals surface area (Å²) in [5, 5.41) is 12.6. The monoisotopic (exact) mass is 280 g/mol. The predicted octanol–water partition coefficient (Wildman–Crippen LogP) is 1.02. The van der Waals surface area contributed by atoms with E-state index in [1.54, 1.807) is 18.2 Å². The minimum atomic E-state index is -1.10. The van der Waals surface area contributed by atoms with Gasteiger partial charge in [-0.3, -0.25) is 4.79 Å². The number of hydrogen-bond acceptors (Lipinski definition) is 5. The number of benzene rings is 1. The quantitative estimate of drug-likeness (QED) is 0.599. The number of rotatable bonds is 6. The van der Waals surface area contributed by atoms with E-state index in [4.69, 9.17) is 14.6 Å². The molecule has 0 heterocycles. The van der Waals surface area contributed by atoms with Gasteiger partial charge in [-0.2, -0.15) is 5.10 Å². The van der Waals surface area contributed by atoms with Gasteiger partial charge in [-0.05, 0) is 19.1 Å². The SMILES string of the molecule is COc1cccc(/C=N\NC(C)=O)c1O[C@@H](C)C(=O)O. The molecule has 0 aromatic heterocycles. The van der Waals surface area contributed by atoms with Gasteiger partial charge in [-0.1, -0.05) is 6.07 Å². The molecule has 108 valence electrons. The van der Waals surface area contributed by atoms with Crippen molar-refractivity contribution in [2.24, 2.45) is 5.10 Å². The molecule has 0 aliphatic carbocycles. The summed E-state index contributed by atoms with van der Waals surface area (Å²) in [6, 6.07) is 5.00. The summed E-state index contributed by atoms with van der Waals surface area (Å²) < 4.78 is 10.5. The predicted molar refractivity (Wildman–Crippen MR) is 72.1 cm³/mol. The Bertz CT molecular complexity index is 527. The Hall–Kier alpha value is -2.57. The zero-order chi connectivity index (χ0) is 15.1. The number of ether oxygens (including phenoxy) is 2. The molecule has 1 amide bonds. The van der Waals surface area contributed by atoms with Gasteiger partial charge in [0, 0.05) is 12.5 Å². The number of methoxy groups -OCH3 is 1. The van der Waals surface area contributed by atoms with E-state index in [2.05, 4.69) is 10.5 Å². The van der Waals surface area contributed by atoms with Crippen LogP contribution in [0.5, 0.6) is 11.5 Å². The van der Waals surface area contributed by atoms with Crippen LogP contribution in [-0.4, -0.2) is 36.4 Å². The van der Waals surface area contributed by atoms with Gasteiger partial charge >= 0.3 is 5.97 Å². The lowest BCUT2D eigenvalue weighted by Gasteiger charge is -2.15. The standard InChI is InChI=1S/C13H16N2O5/c1-8(13(17)18)20-12-10(7-14-15-9(2)16)5-4-6-11(12)19-3/h4-8H,1-3H3,(H,15,16)(H,17,18)/b14-7-/t8-/m0/s1. The van der Waals surface area contributed by atoms with E-state index in [0.717, 1.165) is 0 Å². The van der Waals surface area contributed by atoms with E-state index in [9.17, 15) is 9.59 Å². The molecule has 0 fully saturated rings. The van der Waals surface area contributed by atoms with Crippen molar-refractivity contribution >= 4 is 18.1 Å². The van der Waals surface area contributed by atoms with E-state index >= 15 is 0 Å². The zero-order valence-corrected chi connectivity index (χ0v) is 11.4. The topological polar surface area (TPSA) is 97.2 Å². The highest BCUT2D eigenvalue weighted by Crippen LogP contribution is 2.30. The van der Waals surface area contributed by atoms with Gasteiger partial charge in [0.1, 0.15) is 0 Å². The lowest BCUT2D eigenvalue weighted by molar-refractivity contribution is -0.144. The summed E-state index contributed by atoms with van der Waals surface area (Å²) in [5.41, 5.74) is 2.74. The van der Waals surface area contributed by atoms with Crippen LogP contribution in [0.3, 0.4) is 0 Å². The molecule has 0 aliphatic rings. The van der Waals surface area contributed by atoms with E-state index < -0.39 is 12.1 Å². The minimum absolute atomic E-state index is 0.249. The van der Waals surface area contributed by atoms with Crippen LogP contribution in [0, 0.1) is 0 Å². The van der Waals surface area contributed by atoms with Crippen LogP contribution in [0.2, 0.25) is 0 Å². The van der Waals surface area contributed by atoms with Crippen molar-refractivity contribution < 1.29 is 24.2 Å². The van der Waals surface area contributed by atoms with Gasteiger partial charge in [0.15, 0.2) is 17.6 Å². The third-order valence-corrected chi connectivity index (χ3v) is 2.30. The highest BCUT2D eigenvalue weighted by molar-refractivity contribution is 5.86. The molecular formula is C13H16N2O5. The first-order valence-corrected chi connectivity index (χ1v) is 5.81. The summed E-state index contributed by atoms with van der Waals surface area (Å²) in [7, 11) is 1.45. The van der Waals surface area contributed by atoms with Crippen molar-refractivity contribution in [1.29, 1.82) is 0 Å². The first-order valence-electron chi connectivity index (χ1n) is 5.81. The molecule has 0 unspecified atom stereocenters. The number of aliphatic carboxylic acids is 1. The minimum Gasteiger partial charge on any atom is -0.493 e. The molecule has 2 N–H and O–H groups in total. The summed E-state index contributed by atoms with van der Waals surface area (Å²) >= 11 is 0. The number of carbonyl (C=O) groups excluding carboxylic acids is 1. The van der Waals surface area contributed by atoms with Crippen LogP contribution >= 0.6 is 0 Å². The fourth-order valence-electron chi connectivity index (χ4n) is 1.34. The van der Waals surface area contributed by atoms with Crippen molar-refractivity contribution in [1.82, 2.24) is 5.43 Å². The Balaban J connectivity index is 3.06. The molecule has 0 aliphatic heterocycles. The van der Waals surface area contributed by atoms with Crippen LogP contribution < -0.4 is 14.9 Å². The zero-order valence-electron chi connectivity index (χ0n) is 11.4. The Morgan fingerprint density at radius 1 is 1.45 bits per heavy atom. The average molecular weight is 280 g/mol. The van der Waals surface area contributed by atoms with Crippen LogP contribution in [0.15, 0.2) is 23.3 Å². The fourth-order valence-corrected chi connectivity index (χ4v) is 1.34. The van der Waals surface area contributed by atoms with Gasteiger partial charge in [-0.15, -0.1) is 0 Å². The van der Waals surface area contributed by atoms with E-state index in [1.165, 1.54) is 27.2 Å². The van der Waals surface area contributed by atoms with Crippen molar-refractivity contribution in [3.63, 3.8) is 0 Å². The number of amides is 1. The summed E-state index contributed by atoms with van der Waals surface area (Å²) in [6.45, 7) is 2.73. The number of carboxylic acids is 1. The first-order chi connectivity index (χ1) is 9.45. The Morgan fingerprint density at radius 3 is 2.70 bits per heavy atom. The van der Waals surface area contributed by atoms with Gasteiger partial charge in [-0.25, -0.2) is 10.2 Å². The van der Waals surface area contributed by atoms with Crippen LogP contribution in [0.4, 0.5) is 0 Å². The molecule has 7 nitrogen and oxygen atoms in total. The summed E-state index contributed by atoms with van der Waals surface area (Å²) in [4.78, 5) is 21.6. The maximum Gasteiger partial charge on any atom is 0.344 e. The molecular weight excluding hydrogens is 264 g/mol. The van der Waals surface area contributed by atoms with Crippen molar-refractivity contribution in [2.75, 3.05) is 7.11 Å². The highest BCUT2D eigenvalue weighted by Gasteiger charge is 2.17. The third kappa shape index (κ3) is 4.27.